The van der Waals surface area contributed by atoms with Crippen LogP contribution in [-0.2, 0) is 14.3 Å². The van der Waals surface area contributed by atoms with Crippen LogP contribution in [0, 0.1) is 12.8 Å². The van der Waals surface area contributed by atoms with E-state index in [1.165, 1.54) is 4.90 Å². The van der Waals surface area contributed by atoms with Gasteiger partial charge >= 0.3 is 0 Å². The maximum absolute atomic E-state index is 12.5. The number of hydrogen-bond donors (Lipinski definition) is 0. The zero-order chi connectivity index (χ0) is 14.3. The van der Waals surface area contributed by atoms with Crippen LogP contribution in [-0.4, -0.2) is 24.5 Å². The lowest BCUT2D eigenvalue weighted by Gasteiger charge is -2.19. The maximum atomic E-state index is 12.5. The molecule has 0 aliphatic carbocycles. The predicted octanol–water partition coefficient (Wildman–Crippen LogP) is 2.71. The third-order valence-corrected chi connectivity index (χ3v) is 4.48. The Kier molecular flexibility index (Phi) is 3.52. The summed E-state index contributed by atoms with van der Waals surface area (Å²) in [4.78, 5) is 26.0. The number of halogens is 1. The smallest absolute Gasteiger partial charge is 0.240 e. The summed E-state index contributed by atoms with van der Waals surface area (Å²) < 4.78 is 5.57. The average Bonchev–Trinajstić information content (AvgIpc) is 3.02. The van der Waals surface area contributed by atoms with Crippen molar-refractivity contribution in [3.05, 3.63) is 28.8 Å². The molecule has 2 atom stereocenters. The van der Waals surface area contributed by atoms with Crippen LogP contribution in [0.4, 0.5) is 5.69 Å². The molecule has 1 aromatic carbocycles. The molecule has 2 aliphatic rings. The summed E-state index contributed by atoms with van der Waals surface area (Å²) >= 11 is 6.08. The van der Waals surface area contributed by atoms with Crippen LogP contribution in [0.5, 0.6) is 0 Å². The molecule has 2 aliphatic heterocycles. The normalized spacial score (nSPS) is 26.6. The number of ether oxygens (including phenoxy) is 1. The van der Waals surface area contributed by atoms with Crippen LogP contribution >= 0.6 is 11.6 Å². The molecule has 0 unspecified atom stereocenters. The van der Waals surface area contributed by atoms with E-state index in [2.05, 4.69) is 0 Å². The number of rotatable bonds is 2. The summed E-state index contributed by atoms with van der Waals surface area (Å²) in [5.41, 5.74) is 1.34. The molecule has 5 heteroatoms. The van der Waals surface area contributed by atoms with Gasteiger partial charge in [-0.1, -0.05) is 17.7 Å². The van der Waals surface area contributed by atoms with Crippen molar-refractivity contribution in [3.63, 3.8) is 0 Å². The number of imide groups is 1. The fraction of sp³-hybridized carbons (Fsp3) is 0.467. The van der Waals surface area contributed by atoms with Crippen LogP contribution in [0.3, 0.4) is 0 Å². The van der Waals surface area contributed by atoms with Crippen LogP contribution in [0.25, 0.3) is 0 Å². The monoisotopic (exact) mass is 293 g/mol. The number of hydrogen-bond acceptors (Lipinski definition) is 3. The van der Waals surface area contributed by atoms with E-state index in [-0.39, 0.29) is 30.3 Å². The Balaban J connectivity index is 1.92. The third-order valence-electron chi connectivity index (χ3n) is 4.08. The first-order valence-electron chi connectivity index (χ1n) is 6.83. The Morgan fingerprint density at radius 1 is 1.35 bits per heavy atom. The lowest BCUT2D eigenvalue weighted by atomic mass is 9.98. The van der Waals surface area contributed by atoms with Crippen molar-refractivity contribution in [2.24, 2.45) is 5.92 Å². The molecule has 2 heterocycles. The molecule has 20 heavy (non-hydrogen) atoms. The fourth-order valence-electron chi connectivity index (χ4n) is 2.96. The summed E-state index contributed by atoms with van der Waals surface area (Å²) in [5.74, 6) is -0.670. The highest BCUT2D eigenvalue weighted by molar-refractivity contribution is 6.32. The number of nitrogens with zero attached hydrogens (tertiary/aromatic N) is 1. The van der Waals surface area contributed by atoms with Gasteiger partial charge in [0.1, 0.15) is 0 Å². The number of carbonyl (C=O) groups excluding carboxylic acids is 2. The molecule has 2 fully saturated rings. The zero-order valence-corrected chi connectivity index (χ0v) is 12.0. The van der Waals surface area contributed by atoms with Gasteiger partial charge in [-0.15, -0.1) is 0 Å². The molecular formula is C15H16ClNO3. The number of benzene rings is 1. The van der Waals surface area contributed by atoms with Crippen molar-refractivity contribution in [1.82, 2.24) is 0 Å². The summed E-state index contributed by atoms with van der Waals surface area (Å²) in [6.07, 6.45) is 1.93. The molecule has 1 aromatic rings. The van der Waals surface area contributed by atoms with Crippen molar-refractivity contribution < 1.29 is 14.3 Å². The summed E-state index contributed by atoms with van der Waals surface area (Å²) in [6, 6.07) is 5.27. The van der Waals surface area contributed by atoms with E-state index in [1.54, 1.807) is 18.2 Å². The van der Waals surface area contributed by atoms with Gasteiger partial charge in [0.25, 0.3) is 0 Å². The van der Waals surface area contributed by atoms with Crippen LogP contribution in [0.1, 0.15) is 24.8 Å². The molecule has 4 nitrogen and oxygen atoms in total. The minimum Gasteiger partial charge on any atom is -0.377 e. The molecule has 2 saturated heterocycles. The highest BCUT2D eigenvalue weighted by Gasteiger charge is 2.45. The lowest BCUT2D eigenvalue weighted by Crippen LogP contribution is -2.34. The number of anilines is 1. The molecule has 106 valence electrons. The van der Waals surface area contributed by atoms with E-state index in [0.29, 0.717) is 17.3 Å². The van der Waals surface area contributed by atoms with Gasteiger partial charge in [0.15, 0.2) is 0 Å². The van der Waals surface area contributed by atoms with Gasteiger partial charge in [-0.05, 0) is 37.5 Å². The van der Waals surface area contributed by atoms with E-state index in [9.17, 15) is 9.59 Å². The quantitative estimate of drug-likeness (QED) is 0.788. The second kappa shape index (κ2) is 5.19. The van der Waals surface area contributed by atoms with E-state index in [1.807, 2.05) is 6.92 Å². The minimum absolute atomic E-state index is 0.115. The third kappa shape index (κ3) is 2.13. The van der Waals surface area contributed by atoms with Gasteiger partial charge < -0.3 is 4.74 Å². The first-order chi connectivity index (χ1) is 9.59. The Labute approximate surface area is 122 Å². The van der Waals surface area contributed by atoms with Gasteiger partial charge in [0.05, 0.1) is 17.7 Å². The SMILES string of the molecule is Cc1c(Cl)cccc1N1C(=O)C[C@H]([C@H]2CCCO2)C1=O. The molecule has 0 saturated carbocycles. The molecule has 0 N–H and O–H groups in total. The van der Waals surface area contributed by atoms with E-state index in [4.69, 9.17) is 16.3 Å². The first kappa shape index (κ1) is 13.6. The minimum atomic E-state index is -0.344. The Bertz CT molecular complexity index is 566. The molecule has 3 rings (SSSR count). The van der Waals surface area contributed by atoms with Gasteiger partial charge in [-0.25, -0.2) is 4.90 Å². The van der Waals surface area contributed by atoms with Crippen LogP contribution in [0.2, 0.25) is 5.02 Å². The zero-order valence-electron chi connectivity index (χ0n) is 11.3. The second-order valence-electron chi connectivity index (χ2n) is 5.31. The van der Waals surface area contributed by atoms with Crippen molar-refractivity contribution in [3.8, 4) is 0 Å². The predicted molar refractivity (Wildman–Crippen MR) is 75.8 cm³/mol. The van der Waals surface area contributed by atoms with E-state index in [0.717, 1.165) is 18.4 Å². The highest BCUT2D eigenvalue weighted by atomic mass is 35.5. The topological polar surface area (TPSA) is 46.6 Å². The van der Waals surface area contributed by atoms with Crippen molar-refractivity contribution >= 4 is 29.1 Å². The molecule has 0 radical (unpaired) electrons. The summed E-state index contributed by atoms with van der Waals surface area (Å²) in [6.45, 7) is 2.50. The maximum Gasteiger partial charge on any atom is 0.240 e. The van der Waals surface area contributed by atoms with E-state index < -0.39 is 0 Å². The van der Waals surface area contributed by atoms with Gasteiger partial charge in [0, 0.05) is 18.1 Å². The number of carbonyl (C=O) groups is 2. The standard InChI is InChI=1S/C15H16ClNO3/c1-9-11(16)4-2-5-12(9)17-14(18)8-10(15(17)19)13-6-3-7-20-13/h2,4-5,10,13H,3,6-8H2,1H3/t10-,13-/m1/s1. The Morgan fingerprint density at radius 2 is 2.15 bits per heavy atom. The first-order valence-corrected chi connectivity index (χ1v) is 7.21. The second-order valence-corrected chi connectivity index (χ2v) is 5.72. The Morgan fingerprint density at radius 3 is 2.85 bits per heavy atom. The van der Waals surface area contributed by atoms with Crippen LogP contribution < -0.4 is 4.90 Å². The van der Waals surface area contributed by atoms with Gasteiger partial charge in [0.2, 0.25) is 11.8 Å². The van der Waals surface area contributed by atoms with Crippen molar-refractivity contribution in [2.75, 3.05) is 11.5 Å². The highest BCUT2D eigenvalue weighted by Crippen LogP contribution is 2.35. The van der Waals surface area contributed by atoms with Gasteiger partial charge in [-0.3, -0.25) is 9.59 Å². The molecule has 2 amide bonds. The lowest BCUT2D eigenvalue weighted by molar-refractivity contribution is -0.124. The van der Waals surface area contributed by atoms with Crippen molar-refractivity contribution in [1.29, 1.82) is 0 Å². The van der Waals surface area contributed by atoms with E-state index >= 15 is 0 Å². The molecule has 0 bridgehead atoms. The van der Waals surface area contributed by atoms with Crippen molar-refractivity contribution in [2.45, 2.75) is 32.3 Å². The average molecular weight is 294 g/mol. The Hall–Kier alpha value is -1.39. The fourth-order valence-corrected chi connectivity index (χ4v) is 3.13. The molecule has 0 spiro atoms. The summed E-state index contributed by atoms with van der Waals surface area (Å²) in [5, 5.41) is 0.559. The molecular weight excluding hydrogens is 278 g/mol. The largest absolute Gasteiger partial charge is 0.377 e. The van der Waals surface area contributed by atoms with Crippen LogP contribution in [0.15, 0.2) is 18.2 Å². The summed E-state index contributed by atoms with van der Waals surface area (Å²) in [7, 11) is 0. The van der Waals surface area contributed by atoms with Gasteiger partial charge in [-0.2, -0.15) is 0 Å². The number of amides is 2. The molecule has 0 aromatic heterocycles.